The summed E-state index contributed by atoms with van der Waals surface area (Å²) in [4.78, 5) is 43.6. The minimum atomic E-state index is -1.04. The molecule has 1 N–H and O–H groups in total. The van der Waals surface area contributed by atoms with Gasteiger partial charge in [0, 0.05) is 12.7 Å². The van der Waals surface area contributed by atoms with E-state index in [1.54, 1.807) is 43.3 Å². The third kappa shape index (κ3) is 5.85. The second kappa shape index (κ2) is 12.8. The van der Waals surface area contributed by atoms with Crippen LogP contribution in [0.4, 0.5) is 0 Å². The first-order chi connectivity index (χ1) is 19.3. The number of carbonyl (C=O) groups excluding carboxylic acids is 1. The SMILES string of the molecule is CCCOc1c(OC)cccc1[C@@H]1C(C(=O)OCCOC)=C(C)N=c2s/c(=C/c3ccc(C(=O)O)cc3)c(=O)n21. The van der Waals surface area contributed by atoms with Crippen molar-refractivity contribution in [2.45, 2.75) is 26.3 Å². The van der Waals surface area contributed by atoms with E-state index in [1.165, 1.54) is 42.3 Å². The first kappa shape index (κ1) is 28.8. The standard InChI is InChI=1S/C29H30N2O8S/c1-5-13-38-25-20(7-6-8-21(25)37-4)24-23(28(35)39-15-14-36-3)17(2)30-29-31(24)26(32)22(40-29)16-18-9-11-19(12-10-18)27(33)34/h6-12,16,24H,5,13-15H2,1-4H3,(H,33,34)/b22-16+/t24-/m1/s1. The normalized spacial score (nSPS) is 14.9. The van der Waals surface area contributed by atoms with E-state index in [9.17, 15) is 19.5 Å². The van der Waals surface area contributed by atoms with Crippen LogP contribution in [0.25, 0.3) is 6.08 Å². The number of fused-ring (bicyclic) bond motifs is 1. The molecule has 1 atom stereocenters. The van der Waals surface area contributed by atoms with E-state index in [4.69, 9.17) is 18.9 Å². The Balaban J connectivity index is 1.93. The summed E-state index contributed by atoms with van der Waals surface area (Å²) in [6.45, 7) is 4.33. The highest BCUT2D eigenvalue weighted by molar-refractivity contribution is 7.07. The fraction of sp³-hybridized carbons (Fsp3) is 0.310. The predicted octanol–water partition coefficient (Wildman–Crippen LogP) is 2.92. The molecule has 0 amide bonds. The van der Waals surface area contributed by atoms with Gasteiger partial charge in [0.2, 0.25) is 0 Å². The van der Waals surface area contributed by atoms with Gasteiger partial charge in [-0.15, -0.1) is 0 Å². The fourth-order valence-corrected chi connectivity index (χ4v) is 5.36. The highest BCUT2D eigenvalue weighted by Crippen LogP contribution is 2.40. The second-order valence-corrected chi connectivity index (χ2v) is 9.87. The van der Waals surface area contributed by atoms with Crippen LogP contribution >= 0.6 is 11.3 Å². The fourth-order valence-electron chi connectivity index (χ4n) is 4.31. The predicted molar refractivity (Wildman–Crippen MR) is 149 cm³/mol. The molecule has 1 aliphatic heterocycles. The number of carboxylic acid groups (broad SMARTS) is 1. The Labute approximate surface area is 234 Å². The number of ether oxygens (including phenoxy) is 4. The number of carboxylic acids is 1. The largest absolute Gasteiger partial charge is 0.493 e. The lowest BCUT2D eigenvalue weighted by Gasteiger charge is -2.27. The lowest BCUT2D eigenvalue weighted by molar-refractivity contribution is -0.140. The Kier molecular flexibility index (Phi) is 9.18. The van der Waals surface area contributed by atoms with E-state index in [0.29, 0.717) is 44.3 Å². The number of aromatic nitrogens is 1. The van der Waals surface area contributed by atoms with Crippen LogP contribution in [0, 0.1) is 0 Å². The van der Waals surface area contributed by atoms with E-state index in [2.05, 4.69) is 4.99 Å². The van der Waals surface area contributed by atoms with Crippen LogP contribution in [-0.4, -0.2) is 55.7 Å². The molecular weight excluding hydrogens is 536 g/mol. The van der Waals surface area contributed by atoms with Crippen molar-refractivity contribution in [3.63, 3.8) is 0 Å². The maximum Gasteiger partial charge on any atom is 0.338 e. The van der Waals surface area contributed by atoms with Crippen LogP contribution < -0.4 is 24.4 Å². The molecule has 11 heteroatoms. The lowest BCUT2D eigenvalue weighted by Crippen LogP contribution is -2.40. The molecule has 40 heavy (non-hydrogen) atoms. The Bertz CT molecular complexity index is 1620. The third-order valence-corrected chi connectivity index (χ3v) is 7.17. The maximum absolute atomic E-state index is 13.9. The zero-order valence-corrected chi connectivity index (χ0v) is 23.4. The minimum absolute atomic E-state index is 0.0346. The van der Waals surface area contributed by atoms with Gasteiger partial charge in [-0.1, -0.05) is 42.5 Å². The summed E-state index contributed by atoms with van der Waals surface area (Å²) in [5.41, 5.74) is 1.60. The van der Waals surface area contributed by atoms with Gasteiger partial charge in [0.25, 0.3) is 5.56 Å². The Morgan fingerprint density at radius 1 is 1.10 bits per heavy atom. The summed E-state index contributed by atoms with van der Waals surface area (Å²) in [5.74, 6) is -0.766. The Morgan fingerprint density at radius 2 is 1.85 bits per heavy atom. The van der Waals surface area contributed by atoms with Crippen LogP contribution in [0.15, 0.2) is 63.5 Å². The molecule has 1 aliphatic rings. The molecule has 0 radical (unpaired) electrons. The van der Waals surface area contributed by atoms with Crippen molar-refractivity contribution in [3.05, 3.63) is 90.1 Å². The number of benzene rings is 2. The highest BCUT2D eigenvalue weighted by atomic mass is 32.1. The molecule has 0 unspecified atom stereocenters. The van der Waals surface area contributed by atoms with Gasteiger partial charge in [-0.25, -0.2) is 14.6 Å². The monoisotopic (exact) mass is 566 g/mol. The average Bonchev–Trinajstić information content (AvgIpc) is 3.25. The van der Waals surface area contributed by atoms with Gasteiger partial charge in [0.15, 0.2) is 16.3 Å². The zero-order chi connectivity index (χ0) is 28.8. The van der Waals surface area contributed by atoms with Gasteiger partial charge in [-0.3, -0.25) is 9.36 Å². The van der Waals surface area contributed by atoms with Crippen LogP contribution in [0.3, 0.4) is 0 Å². The third-order valence-electron chi connectivity index (χ3n) is 6.19. The van der Waals surface area contributed by atoms with E-state index in [1.807, 2.05) is 6.92 Å². The summed E-state index contributed by atoms with van der Waals surface area (Å²) in [6, 6.07) is 10.6. The van der Waals surface area contributed by atoms with Crippen molar-refractivity contribution in [1.29, 1.82) is 0 Å². The number of rotatable bonds is 11. The van der Waals surface area contributed by atoms with Crippen molar-refractivity contribution in [1.82, 2.24) is 4.57 Å². The van der Waals surface area contributed by atoms with Crippen molar-refractivity contribution in [2.24, 2.45) is 4.99 Å². The molecular formula is C29H30N2O8S. The summed E-state index contributed by atoms with van der Waals surface area (Å²) in [5, 5.41) is 9.19. The van der Waals surface area contributed by atoms with Crippen molar-refractivity contribution in [2.75, 3.05) is 34.0 Å². The number of allylic oxidation sites excluding steroid dienone is 1. The molecule has 0 bridgehead atoms. The Morgan fingerprint density at radius 3 is 2.50 bits per heavy atom. The molecule has 0 spiro atoms. The topological polar surface area (TPSA) is 126 Å². The number of hydrogen-bond donors (Lipinski definition) is 1. The number of thiazole rings is 1. The first-order valence-corrected chi connectivity index (χ1v) is 13.4. The number of hydrogen-bond acceptors (Lipinski definition) is 9. The van der Waals surface area contributed by atoms with Gasteiger partial charge in [-0.2, -0.15) is 0 Å². The molecule has 210 valence electrons. The van der Waals surface area contributed by atoms with Crippen LogP contribution in [0.5, 0.6) is 11.5 Å². The number of para-hydroxylation sites is 1. The van der Waals surface area contributed by atoms with E-state index >= 15 is 0 Å². The Hall–Kier alpha value is -4.22. The number of carbonyl (C=O) groups is 2. The van der Waals surface area contributed by atoms with E-state index < -0.39 is 18.0 Å². The molecule has 2 aromatic carbocycles. The smallest absolute Gasteiger partial charge is 0.338 e. The number of nitrogens with zero attached hydrogens (tertiary/aromatic N) is 2. The number of aromatic carboxylic acids is 1. The van der Waals surface area contributed by atoms with E-state index in [0.717, 1.165) is 6.42 Å². The minimum Gasteiger partial charge on any atom is -0.493 e. The summed E-state index contributed by atoms with van der Waals surface area (Å²) >= 11 is 1.17. The van der Waals surface area contributed by atoms with Crippen LogP contribution in [0.1, 0.15) is 47.8 Å². The molecule has 1 aromatic heterocycles. The molecule has 4 rings (SSSR count). The van der Waals surface area contributed by atoms with Crippen molar-refractivity contribution < 1.29 is 33.6 Å². The van der Waals surface area contributed by atoms with Gasteiger partial charge < -0.3 is 24.1 Å². The van der Waals surface area contributed by atoms with Gasteiger partial charge >= 0.3 is 11.9 Å². The molecule has 0 aliphatic carbocycles. The maximum atomic E-state index is 13.9. The molecule has 0 saturated carbocycles. The van der Waals surface area contributed by atoms with Crippen molar-refractivity contribution >= 4 is 29.4 Å². The molecule has 2 heterocycles. The summed E-state index contributed by atoms with van der Waals surface area (Å²) < 4.78 is 24.0. The van der Waals surface area contributed by atoms with Crippen LogP contribution in [-0.2, 0) is 14.3 Å². The number of methoxy groups -OCH3 is 2. The van der Waals surface area contributed by atoms with Gasteiger partial charge in [0.05, 0.1) is 41.7 Å². The van der Waals surface area contributed by atoms with Crippen molar-refractivity contribution in [3.8, 4) is 11.5 Å². The van der Waals surface area contributed by atoms with Gasteiger partial charge in [-0.05, 0) is 43.2 Å². The zero-order valence-electron chi connectivity index (χ0n) is 22.6. The van der Waals surface area contributed by atoms with Gasteiger partial charge in [0.1, 0.15) is 12.6 Å². The highest BCUT2D eigenvalue weighted by Gasteiger charge is 2.36. The molecule has 0 fully saturated rings. The average molecular weight is 567 g/mol. The number of esters is 1. The first-order valence-electron chi connectivity index (χ1n) is 12.6. The lowest BCUT2D eigenvalue weighted by atomic mass is 9.94. The molecule has 0 saturated heterocycles. The summed E-state index contributed by atoms with van der Waals surface area (Å²) in [7, 11) is 3.04. The molecule has 3 aromatic rings. The summed E-state index contributed by atoms with van der Waals surface area (Å²) in [6.07, 6.45) is 2.41. The second-order valence-electron chi connectivity index (χ2n) is 8.86. The quantitative estimate of drug-likeness (QED) is 0.277. The van der Waals surface area contributed by atoms with E-state index in [-0.39, 0.29) is 29.9 Å². The van der Waals surface area contributed by atoms with Crippen LogP contribution in [0.2, 0.25) is 0 Å². The molecule has 10 nitrogen and oxygen atoms in total.